The van der Waals surface area contributed by atoms with Crippen molar-refractivity contribution in [1.82, 2.24) is 4.98 Å². The summed E-state index contributed by atoms with van der Waals surface area (Å²) in [5.41, 5.74) is 0.589. The zero-order valence-corrected chi connectivity index (χ0v) is 10.6. The number of carbonyl (C=O) groups excluding carboxylic acids is 1. The van der Waals surface area contributed by atoms with Gasteiger partial charge in [0.1, 0.15) is 10.3 Å². The Morgan fingerprint density at radius 3 is 2.50 bits per heavy atom. The van der Waals surface area contributed by atoms with Gasteiger partial charge >= 0.3 is 0 Å². The van der Waals surface area contributed by atoms with E-state index in [1.165, 1.54) is 0 Å². The molecular weight excluding hydrogens is 247 g/mol. The number of hydrogen-bond donors (Lipinski definition) is 1. The number of anilines is 1. The van der Waals surface area contributed by atoms with Gasteiger partial charge in [0.05, 0.1) is 0 Å². The maximum atomic E-state index is 11.5. The lowest BCUT2D eigenvalue weighted by atomic mass is 10.2. The first-order chi connectivity index (χ1) is 7.61. The van der Waals surface area contributed by atoms with Gasteiger partial charge in [-0.05, 0) is 18.6 Å². The SMILES string of the molecule is CCCCCC(=O)Nc1cc(Cl)nc(Cl)c1. The predicted molar refractivity (Wildman–Crippen MR) is 67.0 cm³/mol. The molecule has 0 saturated heterocycles. The highest BCUT2D eigenvalue weighted by molar-refractivity contribution is 6.32. The fourth-order valence-electron chi connectivity index (χ4n) is 1.30. The van der Waals surface area contributed by atoms with Crippen LogP contribution in [-0.2, 0) is 4.79 Å². The molecule has 0 saturated carbocycles. The van der Waals surface area contributed by atoms with Crippen molar-refractivity contribution in [3.05, 3.63) is 22.4 Å². The smallest absolute Gasteiger partial charge is 0.224 e. The van der Waals surface area contributed by atoms with Crippen LogP contribution < -0.4 is 5.32 Å². The molecule has 1 amide bonds. The molecule has 1 heterocycles. The number of carbonyl (C=O) groups is 1. The largest absolute Gasteiger partial charge is 0.326 e. The van der Waals surface area contributed by atoms with Gasteiger partial charge in [-0.1, -0.05) is 43.0 Å². The van der Waals surface area contributed by atoms with Crippen molar-refractivity contribution in [2.45, 2.75) is 32.6 Å². The topological polar surface area (TPSA) is 42.0 Å². The molecule has 1 aromatic heterocycles. The summed E-state index contributed by atoms with van der Waals surface area (Å²) >= 11 is 11.4. The Morgan fingerprint density at radius 1 is 1.31 bits per heavy atom. The van der Waals surface area contributed by atoms with E-state index in [1.54, 1.807) is 12.1 Å². The molecule has 0 atom stereocenters. The zero-order valence-electron chi connectivity index (χ0n) is 9.09. The molecule has 0 bridgehead atoms. The van der Waals surface area contributed by atoms with Gasteiger partial charge in [-0.25, -0.2) is 4.98 Å². The quantitative estimate of drug-likeness (QED) is 0.645. The minimum absolute atomic E-state index is 0.0215. The molecule has 0 aliphatic heterocycles. The van der Waals surface area contributed by atoms with E-state index < -0.39 is 0 Å². The van der Waals surface area contributed by atoms with Gasteiger partial charge in [-0.3, -0.25) is 4.79 Å². The summed E-state index contributed by atoms with van der Waals surface area (Å²) in [6.45, 7) is 2.10. The summed E-state index contributed by atoms with van der Waals surface area (Å²) in [5.74, 6) is -0.0215. The van der Waals surface area contributed by atoms with Gasteiger partial charge in [-0.15, -0.1) is 0 Å². The fourth-order valence-corrected chi connectivity index (χ4v) is 1.76. The van der Waals surface area contributed by atoms with Crippen LogP contribution >= 0.6 is 23.2 Å². The number of nitrogens with one attached hydrogen (secondary N) is 1. The van der Waals surface area contributed by atoms with Gasteiger partial charge in [0.2, 0.25) is 5.91 Å². The van der Waals surface area contributed by atoms with Gasteiger partial charge in [0.15, 0.2) is 0 Å². The summed E-state index contributed by atoms with van der Waals surface area (Å²) in [6, 6.07) is 3.15. The number of halogens is 2. The van der Waals surface area contributed by atoms with Crippen molar-refractivity contribution in [3.63, 3.8) is 0 Å². The second kappa shape index (κ2) is 6.71. The molecule has 1 rings (SSSR count). The Hall–Kier alpha value is -0.800. The first kappa shape index (κ1) is 13.3. The maximum absolute atomic E-state index is 11.5. The molecular formula is C11H14Cl2N2O. The van der Waals surface area contributed by atoms with Crippen LogP contribution in [0.4, 0.5) is 5.69 Å². The Labute approximate surface area is 105 Å². The van der Waals surface area contributed by atoms with Crippen molar-refractivity contribution < 1.29 is 4.79 Å². The van der Waals surface area contributed by atoms with Crippen LogP contribution in [0.3, 0.4) is 0 Å². The van der Waals surface area contributed by atoms with E-state index in [-0.39, 0.29) is 16.2 Å². The molecule has 0 unspecified atom stereocenters. The number of nitrogens with zero attached hydrogens (tertiary/aromatic N) is 1. The van der Waals surface area contributed by atoms with Crippen molar-refractivity contribution in [3.8, 4) is 0 Å². The minimum atomic E-state index is -0.0215. The molecule has 1 aromatic rings. The predicted octanol–water partition coefficient (Wildman–Crippen LogP) is 3.91. The van der Waals surface area contributed by atoms with E-state index >= 15 is 0 Å². The third kappa shape index (κ3) is 4.81. The van der Waals surface area contributed by atoms with Gasteiger partial charge in [-0.2, -0.15) is 0 Å². The Kier molecular flexibility index (Phi) is 5.56. The first-order valence-electron chi connectivity index (χ1n) is 5.24. The van der Waals surface area contributed by atoms with Crippen LogP contribution in [0.5, 0.6) is 0 Å². The van der Waals surface area contributed by atoms with Crippen LogP contribution in [0.25, 0.3) is 0 Å². The number of hydrogen-bond acceptors (Lipinski definition) is 2. The Morgan fingerprint density at radius 2 is 1.94 bits per heavy atom. The summed E-state index contributed by atoms with van der Waals surface area (Å²) in [6.07, 6.45) is 3.58. The van der Waals surface area contributed by atoms with Crippen LogP contribution in [0, 0.1) is 0 Å². The van der Waals surface area contributed by atoms with E-state index in [0.717, 1.165) is 19.3 Å². The highest BCUT2D eigenvalue weighted by Gasteiger charge is 2.04. The van der Waals surface area contributed by atoms with E-state index in [9.17, 15) is 4.79 Å². The lowest BCUT2D eigenvalue weighted by molar-refractivity contribution is -0.116. The molecule has 16 heavy (non-hydrogen) atoms. The second-order valence-electron chi connectivity index (χ2n) is 3.51. The lowest BCUT2D eigenvalue weighted by Gasteiger charge is -2.05. The molecule has 3 nitrogen and oxygen atoms in total. The van der Waals surface area contributed by atoms with Crippen LogP contribution in [0.15, 0.2) is 12.1 Å². The average Bonchev–Trinajstić information content (AvgIpc) is 2.16. The normalized spacial score (nSPS) is 10.2. The third-order valence-electron chi connectivity index (χ3n) is 2.05. The monoisotopic (exact) mass is 260 g/mol. The van der Waals surface area contributed by atoms with Crippen molar-refractivity contribution in [2.24, 2.45) is 0 Å². The van der Waals surface area contributed by atoms with Crippen molar-refractivity contribution >= 4 is 34.8 Å². The number of rotatable bonds is 5. The molecule has 0 aliphatic carbocycles. The summed E-state index contributed by atoms with van der Waals surface area (Å²) in [7, 11) is 0. The van der Waals surface area contributed by atoms with Crippen LogP contribution in [-0.4, -0.2) is 10.9 Å². The van der Waals surface area contributed by atoms with E-state index in [4.69, 9.17) is 23.2 Å². The molecule has 0 fully saturated rings. The van der Waals surface area contributed by atoms with Crippen LogP contribution in [0.1, 0.15) is 32.6 Å². The summed E-state index contributed by atoms with van der Waals surface area (Å²) in [5, 5.41) is 3.28. The zero-order chi connectivity index (χ0) is 12.0. The molecule has 1 N–H and O–H groups in total. The van der Waals surface area contributed by atoms with Crippen LogP contribution in [0.2, 0.25) is 10.3 Å². The standard InChI is InChI=1S/C11H14Cl2N2O/c1-2-3-4-5-11(16)14-8-6-9(12)15-10(13)7-8/h6-7H,2-5H2,1H3,(H,14,15,16). The minimum Gasteiger partial charge on any atom is -0.326 e. The van der Waals surface area contributed by atoms with E-state index in [0.29, 0.717) is 12.1 Å². The molecule has 0 spiro atoms. The fraction of sp³-hybridized carbons (Fsp3) is 0.455. The number of unbranched alkanes of at least 4 members (excludes halogenated alkanes) is 2. The maximum Gasteiger partial charge on any atom is 0.224 e. The molecule has 0 radical (unpaired) electrons. The van der Waals surface area contributed by atoms with Gasteiger partial charge in [0.25, 0.3) is 0 Å². The number of amides is 1. The molecule has 0 aliphatic rings. The third-order valence-corrected chi connectivity index (χ3v) is 2.44. The molecule has 0 aromatic carbocycles. The molecule has 88 valence electrons. The van der Waals surface area contributed by atoms with Gasteiger partial charge in [0, 0.05) is 12.1 Å². The second-order valence-corrected chi connectivity index (χ2v) is 4.28. The van der Waals surface area contributed by atoms with Gasteiger partial charge < -0.3 is 5.32 Å². The summed E-state index contributed by atoms with van der Waals surface area (Å²) < 4.78 is 0. The molecule has 5 heteroatoms. The summed E-state index contributed by atoms with van der Waals surface area (Å²) in [4.78, 5) is 15.3. The van der Waals surface area contributed by atoms with E-state index in [1.807, 2.05) is 0 Å². The van der Waals surface area contributed by atoms with Crippen molar-refractivity contribution in [2.75, 3.05) is 5.32 Å². The highest BCUT2D eigenvalue weighted by atomic mass is 35.5. The number of pyridine rings is 1. The van der Waals surface area contributed by atoms with E-state index in [2.05, 4.69) is 17.2 Å². The Bertz CT molecular complexity index is 349. The first-order valence-corrected chi connectivity index (χ1v) is 6.00. The highest BCUT2D eigenvalue weighted by Crippen LogP contribution is 2.18. The van der Waals surface area contributed by atoms with Crippen molar-refractivity contribution in [1.29, 1.82) is 0 Å². The average molecular weight is 261 g/mol. The lowest BCUT2D eigenvalue weighted by Crippen LogP contribution is -2.11. The number of aromatic nitrogens is 1. The Balaban J connectivity index is 2.49.